The van der Waals surface area contributed by atoms with E-state index < -0.39 is 0 Å². The summed E-state index contributed by atoms with van der Waals surface area (Å²) in [6.07, 6.45) is 5.58. The molecule has 0 aromatic carbocycles. The zero-order valence-corrected chi connectivity index (χ0v) is 12.7. The summed E-state index contributed by atoms with van der Waals surface area (Å²) in [5.74, 6) is 4.41. The molecule has 0 N–H and O–H groups in total. The van der Waals surface area contributed by atoms with E-state index in [0.717, 1.165) is 29.6 Å². The average molecular weight is 226 g/mol. The molecule has 16 heavy (non-hydrogen) atoms. The van der Waals surface area contributed by atoms with Crippen LogP contribution in [-0.4, -0.2) is 0 Å². The molecule has 0 saturated heterocycles. The minimum atomic E-state index is 0.842. The summed E-state index contributed by atoms with van der Waals surface area (Å²) in [6.45, 7) is 16.7. The zero-order chi connectivity index (χ0) is 12.7. The van der Waals surface area contributed by atoms with Crippen molar-refractivity contribution < 1.29 is 0 Å². The van der Waals surface area contributed by atoms with Crippen LogP contribution in [0.3, 0.4) is 0 Å². The van der Waals surface area contributed by atoms with Gasteiger partial charge in [0, 0.05) is 0 Å². The summed E-state index contributed by atoms with van der Waals surface area (Å²) < 4.78 is 0. The van der Waals surface area contributed by atoms with Gasteiger partial charge in [-0.05, 0) is 36.0 Å². The third-order valence-corrected chi connectivity index (χ3v) is 4.42. The van der Waals surface area contributed by atoms with E-state index in [1.807, 2.05) is 0 Å². The maximum absolute atomic E-state index is 2.45. The third-order valence-electron chi connectivity index (χ3n) is 4.42. The van der Waals surface area contributed by atoms with Crippen LogP contribution in [0.25, 0.3) is 0 Å². The summed E-state index contributed by atoms with van der Waals surface area (Å²) in [4.78, 5) is 0. The maximum Gasteiger partial charge on any atom is -0.0365 e. The number of hydrogen-bond donors (Lipinski definition) is 0. The van der Waals surface area contributed by atoms with Gasteiger partial charge in [-0.1, -0.05) is 67.7 Å². The Morgan fingerprint density at radius 1 is 0.625 bits per heavy atom. The molecule has 0 radical (unpaired) electrons. The third kappa shape index (κ3) is 5.92. The molecular weight excluding hydrogens is 192 g/mol. The summed E-state index contributed by atoms with van der Waals surface area (Å²) in [5.41, 5.74) is 0. The Morgan fingerprint density at radius 3 is 1.56 bits per heavy atom. The van der Waals surface area contributed by atoms with E-state index in [1.54, 1.807) is 0 Å². The molecule has 3 atom stereocenters. The Bertz CT molecular complexity index is 157. The SMILES string of the molecule is CCCC(C)C(CCC(C)C(C)C)C(C)C. The van der Waals surface area contributed by atoms with Crippen LogP contribution >= 0.6 is 0 Å². The zero-order valence-electron chi connectivity index (χ0n) is 12.7. The molecule has 0 aromatic heterocycles. The lowest BCUT2D eigenvalue weighted by molar-refractivity contribution is 0.215. The first-order valence-corrected chi connectivity index (χ1v) is 7.40. The van der Waals surface area contributed by atoms with Gasteiger partial charge in [0.15, 0.2) is 0 Å². The molecule has 0 fully saturated rings. The lowest BCUT2D eigenvalue weighted by Gasteiger charge is -2.29. The summed E-state index contributed by atoms with van der Waals surface area (Å²) in [7, 11) is 0. The van der Waals surface area contributed by atoms with Gasteiger partial charge in [0.05, 0.1) is 0 Å². The molecule has 98 valence electrons. The molecule has 0 nitrogen and oxygen atoms in total. The van der Waals surface area contributed by atoms with E-state index in [1.165, 1.54) is 25.7 Å². The van der Waals surface area contributed by atoms with Crippen molar-refractivity contribution in [3.63, 3.8) is 0 Å². The van der Waals surface area contributed by atoms with Crippen LogP contribution < -0.4 is 0 Å². The van der Waals surface area contributed by atoms with Crippen LogP contribution in [0.4, 0.5) is 0 Å². The van der Waals surface area contributed by atoms with Crippen molar-refractivity contribution in [2.45, 2.75) is 74.1 Å². The molecule has 0 aliphatic rings. The second-order valence-electron chi connectivity index (χ2n) is 6.47. The highest BCUT2D eigenvalue weighted by molar-refractivity contribution is 4.71. The first kappa shape index (κ1) is 16.0. The lowest BCUT2D eigenvalue weighted by atomic mass is 9.77. The Hall–Kier alpha value is 0. The topological polar surface area (TPSA) is 0 Å². The van der Waals surface area contributed by atoms with Crippen LogP contribution in [-0.2, 0) is 0 Å². The molecule has 0 spiro atoms. The number of hydrogen-bond acceptors (Lipinski definition) is 0. The molecular formula is C16H34. The smallest absolute Gasteiger partial charge is 0.0365 e. The van der Waals surface area contributed by atoms with E-state index >= 15 is 0 Å². The van der Waals surface area contributed by atoms with Crippen LogP contribution in [0.15, 0.2) is 0 Å². The minimum Gasteiger partial charge on any atom is -0.0654 e. The van der Waals surface area contributed by atoms with Gasteiger partial charge in [-0.15, -0.1) is 0 Å². The van der Waals surface area contributed by atoms with Gasteiger partial charge in [-0.2, -0.15) is 0 Å². The van der Waals surface area contributed by atoms with Gasteiger partial charge in [0.25, 0.3) is 0 Å². The Morgan fingerprint density at radius 2 is 1.19 bits per heavy atom. The van der Waals surface area contributed by atoms with Crippen molar-refractivity contribution >= 4 is 0 Å². The largest absolute Gasteiger partial charge is 0.0654 e. The van der Waals surface area contributed by atoms with Gasteiger partial charge < -0.3 is 0 Å². The first-order valence-electron chi connectivity index (χ1n) is 7.40. The predicted molar refractivity (Wildman–Crippen MR) is 75.6 cm³/mol. The molecule has 0 saturated carbocycles. The molecule has 0 aromatic rings. The number of rotatable bonds is 8. The van der Waals surface area contributed by atoms with Crippen molar-refractivity contribution in [3.05, 3.63) is 0 Å². The van der Waals surface area contributed by atoms with Crippen LogP contribution in [0.1, 0.15) is 74.1 Å². The Labute approximate surface area is 104 Å². The van der Waals surface area contributed by atoms with Crippen molar-refractivity contribution in [1.82, 2.24) is 0 Å². The van der Waals surface area contributed by atoms with E-state index in [4.69, 9.17) is 0 Å². The Kier molecular flexibility index (Phi) is 8.14. The summed E-state index contributed by atoms with van der Waals surface area (Å²) in [5, 5.41) is 0. The van der Waals surface area contributed by atoms with Crippen molar-refractivity contribution in [2.75, 3.05) is 0 Å². The second-order valence-corrected chi connectivity index (χ2v) is 6.47. The van der Waals surface area contributed by atoms with Gasteiger partial charge in [-0.3, -0.25) is 0 Å². The van der Waals surface area contributed by atoms with Gasteiger partial charge >= 0.3 is 0 Å². The molecule has 0 aliphatic heterocycles. The molecule has 0 heteroatoms. The highest BCUT2D eigenvalue weighted by atomic mass is 14.3. The standard InChI is InChI=1S/C16H34/c1-8-9-15(7)16(13(4)5)11-10-14(6)12(2)3/h12-16H,8-11H2,1-7H3. The molecule has 0 bridgehead atoms. The van der Waals surface area contributed by atoms with E-state index in [9.17, 15) is 0 Å². The van der Waals surface area contributed by atoms with Gasteiger partial charge in [-0.25, -0.2) is 0 Å². The van der Waals surface area contributed by atoms with E-state index in [2.05, 4.69) is 48.5 Å². The molecule has 0 amide bonds. The normalized spacial score (nSPS) is 17.8. The maximum atomic E-state index is 2.45. The second kappa shape index (κ2) is 8.14. The van der Waals surface area contributed by atoms with Crippen molar-refractivity contribution in [1.29, 1.82) is 0 Å². The fourth-order valence-corrected chi connectivity index (χ4v) is 2.73. The lowest BCUT2D eigenvalue weighted by Crippen LogP contribution is -2.19. The molecule has 0 aliphatic carbocycles. The van der Waals surface area contributed by atoms with Crippen LogP contribution in [0, 0.1) is 29.6 Å². The first-order chi connectivity index (χ1) is 7.40. The summed E-state index contributed by atoms with van der Waals surface area (Å²) in [6, 6.07) is 0. The average Bonchev–Trinajstić information content (AvgIpc) is 2.17. The van der Waals surface area contributed by atoms with E-state index in [-0.39, 0.29) is 0 Å². The fourth-order valence-electron chi connectivity index (χ4n) is 2.73. The highest BCUT2D eigenvalue weighted by Gasteiger charge is 2.21. The monoisotopic (exact) mass is 226 g/mol. The molecule has 3 unspecified atom stereocenters. The quantitative estimate of drug-likeness (QED) is 0.493. The van der Waals surface area contributed by atoms with Crippen molar-refractivity contribution in [2.24, 2.45) is 29.6 Å². The van der Waals surface area contributed by atoms with Crippen LogP contribution in [0.5, 0.6) is 0 Å². The minimum absolute atomic E-state index is 0.842. The Balaban J connectivity index is 4.13. The molecule has 0 rings (SSSR count). The van der Waals surface area contributed by atoms with E-state index in [0.29, 0.717) is 0 Å². The molecule has 0 heterocycles. The van der Waals surface area contributed by atoms with Crippen molar-refractivity contribution in [3.8, 4) is 0 Å². The van der Waals surface area contributed by atoms with Gasteiger partial charge in [0.1, 0.15) is 0 Å². The van der Waals surface area contributed by atoms with Gasteiger partial charge in [0.2, 0.25) is 0 Å². The predicted octanol–water partition coefficient (Wildman–Crippen LogP) is 5.77. The summed E-state index contributed by atoms with van der Waals surface area (Å²) >= 11 is 0. The van der Waals surface area contributed by atoms with Crippen LogP contribution in [0.2, 0.25) is 0 Å². The fraction of sp³-hybridized carbons (Fsp3) is 1.00. The highest BCUT2D eigenvalue weighted by Crippen LogP contribution is 2.31.